The van der Waals surface area contributed by atoms with Crippen LogP contribution in [0.1, 0.15) is 26.2 Å². The van der Waals surface area contributed by atoms with Gasteiger partial charge in [0, 0.05) is 11.8 Å². The molecule has 3 atom stereocenters. The molecule has 2 fully saturated rings. The average Bonchev–Trinajstić information content (AvgIpc) is 2.60. The van der Waals surface area contributed by atoms with Crippen molar-refractivity contribution in [1.29, 1.82) is 0 Å². The number of rotatable bonds is 2. The van der Waals surface area contributed by atoms with E-state index in [4.69, 9.17) is 5.11 Å². The Morgan fingerprint density at radius 3 is 2.75 bits per heavy atom. The molecular weight excluding hydrogens is 156 g/mol. The Kier molecular flexibility index (Phi) is 1.35. The number of hydrogen-bond donors (Lipinski definition) is 1. The van der Waals surface area contributed by atoms with Crippen molar-refractivity contribution < 1.29 is 14.7 Å². The molecule has 0 aromatic carbocycles. The second-order valence-electron chi connectivity index (χ2n) is 3.78. The first kappa shape index (κ1) is 7.77. The Bertz CT molecular complexity index is 258. The molecular formula is C9H12O3. The van der Waals surface area contributed by atoms with Crippen LogP contribution in [0.5, 0.6) is 0 Å². The number of fused-ring (bicyclic) bond motifs is 1. The summed E-state index contributed by atoms with van der Waals surface area (Å²) in [5.41, 5.74) is -0.439. The first-order valence-electron chi connectivity index (χ1n) is 4.40. The Morgan fingerprint density at radius 1 is 1.75 bits per heavy atom. The summed E-state index contributed by atoms with van der Waals surface area (Å²) in [4.78, 5) is 22.2. The van der Waals surface area contributed by atoms with Gasteiger partial charge in [0.25, 0.3) is 0 Å². The summed E-state index contributed by atoms with van der Waals surface area (Å²) in [6.45, 7) is 1.92. The lowest BCUT2D eigenvalue weighted by Crippen LogP contribution is -2.18. The predicted molar refractivity (Wildman–Crippen MR) is 41.6 cm³/mol. The highest BCUT2D eigenvalue weighted by Crippen LogP contribution is 2.68. The van der Waals surface area contributed by atoms with Crippen LogP contribution in [-0.4, -0.2) is 16.9 Å². The van der Waals surface area contributed by atoms with E-state index in [2.05, 4.69) is 0 Å². The van der Waals surface area contributed by atoms with Gasteiger partial charge >= 0.3 is 5.97 Å². The summed E-state index contributed by atoms with van der Waals surface area (Å²) in [5.74, 6) is -0.798. The van der Waals surface area contributed by atoms with E-state index in [1.54, 1.807) is 0 Å². The van der Waals surface area contributed by atoms with E-state index in [1.165, 1.54) is 0 Å². The molecule has 12 heavy (non-hydrogen) atoms. The van der Waals surface area contributed by atoms with Gasteiger partial charge < -0.3 is 5.11 Å². The van der Waals surface area contributed by atoms with Crippen LogP contribution in [0.15, 0.2) is 0 Å². The topological polar surface area (TPSA) is 54.4 Å². The molecule has 2 rings (SSSR count). The molecule has 1 N–H and O–H groups in total. The molecule has 2 aliphatic rings. The van der Waals surface area contributed by atoms with E-state index in [-0.39, 0.29) is 17.6 Å². The molecule has 0 amide bonds. The minimum absolute atomic E-state index is 0.160. The fourth-order valence-electron chi connectivity index (χ4n) is 2.91. The van der Waals surface area contributed by atoms with Crippen molar-refractivity contribution in [2.45, 2.75) is 26.2 Å². The predicted octanol–water partition coefficient (Wildman–Crippen LogP) is 1.08. The second kappa shape index (κ2) is 2.09. The fraction of sp³-hybridized carbons (Fsp3) is 0.778. The second-order valence-corrected chi connectivity index (χ2v) is 3.78. The maximum atomic E-state index is 11.4. The van der Waals surface area contributed by atoms with E-state index in [9.17, 15) is 9.59 Å². The third-order valence-corrected chi connectivity index (χ3v) is 3.56. The fourth-order valence-corrected chi connectivity index (χ4v) is 2.91. The van der Waals surface area contributed by atoms with Crippen LogP contribution in [0.2, 0.25) is 0 Å². The number of carboxylic acid groups (broad SMARTS) is 1. The van der Waals surface area contributed by atoms with Gasteiger partial charge in [-0.1, -0.05) is 6.92 Å². The molecule has 0 saturated heterocycles. The Morgan fingerprint density at radius 2 is 2.42 bits per heavy atom. The number of ketones is 1. The molecule has 3 heteroatoms. The van der Waals surface area contributed by atoms with Crippen LogP contribution in [0.4, 0.5) is 0 Å². The van der Waals surface area contributed by atoms with E-state index >= 15 is 0 Å². The average molecular weight is 168 g/mol. The number of aliphatic carboxylic acids is 1. The minimum atomic E-state index is -0.782. The number of carboxylic acids is 1. The number of Topliss-reactive ketones (excluding diaryl/α,β-unsaturated/α-hetero) is 1. The van der Waals surface area contributed by atoms with Crippen molar-refractivity contribution in [3.05, 3.63) is 0 Å². The third-order valence-electron chi connectivity index (χ3n) is 3.56. The first-order valence-corrected chi connectivity index (χ1v) is 4.40. The zero-order valence-corrected chi connectivity index (χ0v) is 7.04. The quantitative estimate of drug-likeness (QED) is 0.671. The van der Waals surface area contributed by atoms with E-state index in [0.29, 0.717) is 12.8 Å². The summed E-state index contributed by atoms with van der Waals surface area (Å²) in [7, 11) is 0. The molecule has 0 unspecified atom stereocenters. The third kappa shape index (κ3) is 0.625. The van der Waals surface area contributed by atoms with Crippen molar-refractivity contribution in [2.24, 2.45) is 17.3 Å². The number of carbonyl (C=O) groups excluding carboxylic acids is 1. The summed E-state index contributed by atoms with van der Waals surface area (Å²) in [6.07, 6.45) is 2.10. The standard InChI is InChI=1S/C9H12O3/c1-2-9-5(3-4-6(9)10)7(9)8(11)12/h5,7H,2-4H2,1H3,(H,11,12)/t5-,7-,9-/m0/s1. The first-order chi connectivity index (χ1) is 5.64. The summed E-state index contributed by atoms with van der Waals surface area (Å²) in [6, 6.07) is 0. The van der Waals surface area contributed by atoms with Crippen LogP contribution < -0.4 is 0 Å². The summed E-state index contributed by atoms with van der Waals surface area (Å²) < 4.78 is 0. The van der Waals surface area contributed by atoms with Crippen molar-refractivity contribution in [2.75, 3.05) is 0 Å². The normalized spacial score (nSPS) is 44.2. The molecule has 0 bridgehead atoms. The lowest BCUT2D eigenvalue weighted by atomic mass is 9.95. The summed E-state index contributed by atoms with van der Waals surface area (Å²) in [5, 5.41) is 8.82. The molecule has 0 aliphatic heterocycles. The lowest BCUT2D eigenvalue weighted by Gasteiger charge is -2.07. The molecule has 0 heterocycles. The van der Waals surface area contributed by atoms with Gasteiger partial charge in [0.1, 0.15) is 5.78 Å². The van der Waals surface area contributed by atoms with Gasteiger partial charge in [-0.2, -0.15) is 0 Å². The molecule has 0 spiro atoms. The molecule has 2 saturated carbocycles. The molecule has 0 radical (unpaired) electrons. The van der Waals surface area contributed by atoms with Gasteiger partial charge in [-0.15, -0.1) is 0 Å². The van der Waals surface area contributed by atoms with Crippen molar-refractivity contribution in [3.63, 3.8) is 0 Å². The van der Waals surface area contributed by atoms with Gasteiger partial charge in [0.15, 0.2) is 0 Å². The molecule has 3 nitrogen and oxygen atoms in total. The zero-order chi connectivity index (χ0) is 8.93. The SMILES string of the molecule is CC[C@@]12C(=O)CC[C@H]1[C@H]2C(=O)O. The number of hydrogen-bond acceptors (Lipinski definition) is 2. The Labute approximate surface area is 70.8 Å². The van der Waals surface area contributed by atoms with Crippen molar-refractivity contribution in [1.82, 2.24) is 0 Å². The maximum absolute atomic E-state index is 11.4. The highest BCUT2D eigenvalue weighted by atomic mass is 16.4. The highest BCUT2D eigenvalue weighted by Gasteiger charge is 2.73. The van der Waals surface area contributed by atoms with Gasteiger partial charge in [0.2, 0.25) is 0 Å². The summed E-state index contributed by atoms with van der Waals surface area (Å²) >= 11 is 0. The van der Waals surface area contributed by atoms with Crippen LogP contribution in [-0.2, 0) is 9.59 Å². The smallest absolute Gasteiger partial charge is 0.307 e. The Hall–Kier alpha value is -0.860. The van der Waals surface area contributed by atoms with Crippen LogP contribution in [0, 0.1) is 17.3 Å². The minimum Gasteiger partial charge on any atom is -0.481 e. The van der Waals surface area contributed by atoms with E-state index in [1.807, 2.05) is 6.92 Å². The van der Waals surface area contributed by atoms with Gasteiger partial charge in [0.05, 0.1) is 5.92 Å². The van der Waals surface area contributed by atoms with Gasteiger partial charge in [-0.3, -0.25) is 9.59 Å². The van der Waals surface area contributed by atoms with Crippen LogP contribution in [0.25, 0.3) is 0 Å². The van der Waals surface area contributed by atoms with Crippen molar-refractivity contribution in [3.8, 4) is 0 Å². The Balaban J connectivity index is 2.27. The maximum Gasteiger partial charge on any atom is 0.307 e. The molecule has 2 aliphatic carbocycles. The van der Waals surface area contributed by atoms with E-state index < -0.39 is 11.4 Å². The van der Waals surface area contributed by atoms with Crippen LogP contribution in [0.3, 0.4) is 0 Å². The van der Waals surface area contributed by atoms with Crippen LogP contribution >= 0.6 is 0 Å². The van der Waals surface area contributed by atoms with Gasteiger partial charge in [-0.25, -0.2) is 0 Å². The van der Waals surface area contributed by atoms with Gasteiger partial charge in [-0.05, 0) is 18.8 Å². The highest BCUT2D eigenvalue weighted by molar-refractivity contribution is 5.98. The monoisotopic (exact) mass is 168 g/mol. The zero-order valence-electron chi connectivity index (χ0n) is 7.04. The molecule has 0 aromatic heterocycles. The lowest BCUT2D eigenvalue weighted by molar-refractivity contribution is -0.142. The van der Waals surface area contributed by atoms with E-state index in [0.717, 1.165) is 6.42 Å². The van der Waals surface area contributed by atoms with Crippen molar-refractivity contribution >= 4 is 11.8 Å². The molecule has 66 valence electrons. The number of carbonyl (C=O) groups is 2. The molecule has 0 aromatic rings. The largest absolute Gasteiger partial charge is 0.481 e.